The van der Waals surface area contributed by atoms with Crippen LogP contribution in [0, 0.1) is 5.92 Å². The molecule has 1 heterocycles. The van der Waals surface area contributed by atoms with Crippen molar-refractivity contribution in [1.29, 1.82) is 0 Å². The number of pyridine rings is 1. The zero-order valence-corrected chi connectivity index (χ0v) is 14.2. The first kappa shape index (κ1) is 17.9. The standard InChI is InChI=1S/C19H29NO3/c1-2-3-13-23-19(22)16-9-11-17(20-14-16)10-7-15-5-4-6-18(21)12-8-15/h9,11,14-15,18,21H,2-8,10,12-13H2,1H3. The molecule has 0 aliphatic heterocycles. The van der Waals surface area contributed by atoms with Crippen molar-refractivity contribution in [3.8, 4) is 0 Å². The van der Waals surface area contributed by atoms with E-state index in [4.69, 9.17) is 4.74 Å². The summed E-state index contributed by atoms with van der Waals surface area (Å²) in [5.41, 5.74) is 1.56. The number of aromatic nitrogens is 1. The molecule has 23 heavy (non-hydrogen) atoms. The van der Waals surface area contributed by atoms with Gasteiger partial charge in [0.1, 0.15) is 0 Å². The molecule has 0 bridgehead atoms. The molecule has 4 nitrogen and oxygen atoms in total. The molecule has 0 aromatic carbocycles. The molecule has 1 N–H and O–H groups in total. The van der Waals surface area contributed by atoms with Gasteiger partial charge >= 0.3 is 5.97 Å². The second-order valence-electron chi connectivity index (χ2n) is 6.59. The van der Waals surface area contributed by atoms with Crippen LogP contribution in [0.2, 0.25) is 0 Å². The van der Waals surface area contributed by atoms with E-state index in [2.05, 4.69) is 11.9 Å². The summed E-state index contributed by atoms with van der Waals surface area (Å²) in [6, 6.07) is 3.75. The van der Waals surface area contributed by atoms with E-state index in [-0.39, 0.29) is 12.1 Å². The predicted molar refractivity (Wildman–Crippen MR) is 90.3 cm³/mol. The summed E-state index contributed by atoms with van der Waals surface area (Å²) in [6.07, 6.45) is 10.8. The normalized spacial score (nSPS) is 21.7. The van der Waals surface area contributed by atoms with E-state index in [9.17, 15) is 9.90 Å². The Bertz CT molecular complexity index is 472. The fourth-order valence-corrected chi connectivity index (χ4v) is 3.09. The van der Waals surface area contributed by atoms with Gasteiger partial charge in [-0.15, -0.1) is 0 Å². The van der Waals surface area contributed by atoms with Gasteiger partial charge < -0.3 is 9.84 Å². The summed E-state index contributed by atoms with van der Waals surface area (Å²) in [6.45, 7) is 2.55. The summed E-state index contributed by atoms with van der Waals surface area (Å²) in [7, 11) is 0. The monoisotopic (exact) mass is 319 g/mol. The van der Waals surface area contributed by atoms with Crippen molar-refractivity contribution in [2.75, 3.05) is 6.61 Å². The van der Waals surface area contributed by atoms with E-state index in [0.29, 0.717) is 18.1 Å². The number of unbranched alkanes of at least 4 members (excludes halogenated alkanes) is 1. The zero-order chi connectivity index (χ0) is 16.5. The number of aliphatic hydroxyl groups is 1. The summed E-state index contributed by atoms with van der Waals surface area (Å²) in [4.78, 5) is 16.2. The average Bonchev–Trinajstić information content (AvgIpc) is 2.78. The highest BCUT2D eigenvalue weighted by Gasteiger charge is 2.17. The third kappa shape index (κ3) is 6.30. The molecule has 128 valence electrons. The lowest BCUT2D eigenvalue weighted by molar-refractivity contribution is 0.0499. The topological polar surface area (TPSA) is 59.4 Å². The molecule has 2 unspecified atom stereocenters. The highest BCUT2D eigenvalue weighted by Crippen LogP contribution is 2.26. The molecule has 0 radical (unpaired) electrons. The Labute approximate surface area is 139 Å². The van der Waals surface area contributed by atoms with Crippen LogP contribution in [0.3, 0.4) is 0 Å². The summed E-state index contributed by atoms with van der Waals surface area (Å²) < 4.78 is 5.18. The lowest BCUT2D eigenvalue weighted by Gasteiger charge is -2.13. The Hall–Kier alpha value is -1.42. The summed E-state index contributed by atoms with van der Waals surface area (Å²) in [5, 5.41) is 9.70. The minimum atomic E-state index is -0.282. The van der Waals surface area contributed by atoms with Gasteiger partial charge in [-0.3, -0.25) is 4.98 Å². The first-order chi connectivity index (χ1) is 11.2. The minimum absolute atomic E-state index is 0.101. The van der Waals surface area contributed by atoms with Crippen LogP contribution in [0.15, 0.2) is 18.3 Å². The zero-order valence-electron chi connectivity index (χ0n) is 14.2. The SMILES string of the molecule is CCCCOC(=O)c1ccc(CCC2CCCC(O)CC2)nc1. The van der Waals surface area contributed by atoms with Crippen molar-refractivity contribution in [1.82, 2.24) is 4.98 Å². The molecular weight excluding hydrogens is 290 g/mol. The number of esters is 1. The molecule has 0 amide bonds. The predicted octanol–water partition coefficient (Wildman–Crippen LogP) is 3.91. The Morgan fingerprint density at radius 3 is 2.91 bits per heavy atom. The van der Waals surface area contributed by atoms with E-state index in [1.165, 1.54) is 6.42 Å². The fourth-order valence-electron chi connectivity index (χ4n) is 3.09. The van der Waals surface area contributed by atoms with Crippen molar-refractivity contribution in [2.24, 2.45) is 5.92 Å². The van der Waals surface area contributed by atoms with Crippen LogP contribution < -0.4 is 0 Å². The van der Waals surface area contributed by atoms with Gasteiger partial charge in [-0.05, 0) is 56.6 Å². The maximum Gasteiger partial charge on any atom is 0.339 e. The third-order valence-electron chi connectivity index (χ3n) is 4.66. The molecular formula is C19H29NO3. The number of aliphatic hydroxyl groups excluding tert-OH is 1. The van der Waals surface area contributed by atoms with Crippen molar-refractivity contribution >= 4 is 5.97 Å². The minimum Gasteiger partial charge on any atom is -0.462 e. The molecule has 4 heteroatoms. The Morgan fingerprint density at radius 1 is 1.30 bits per heavy atom. The lowest BCUT2D eigenvalue weighted by atomic mass is 9.94. The van der Waals surface area contributed by atoms with Crippen LogP contribution in [0.25, 0.3) is 0 Å². The van der Waals surface area contributed by atoms with Crippen LogP contribution in [0.4, 0.5) is 0 Å². The molecule has 2 rings (SSSR count). The maximum absolute atomic E-state index is 11.8. The fraction of sp³-hybridized carbons (Fsp3) is 0.684. The molecule has 1 aromatic rings. The van der Waals surface area contributed by atoms with Crippen molar-refractivity contribution in [3.63, 3.8) is 0 Å². The average molecular weight is 319 g/mol. The Kier molecular flexibility index (Phi) is 7.53. The molecule has 1 aliphatic carbocycles. The van der Waals surface area contributed by atoms with Crippen LogP contribution >= 0.6 is 0 Å². The van der Waals surface area contributed by atoms with Gasteiger partial charge in [-0.25, -0.2) is 4.79 Å². The van der Waals surface area contributed by atoms with Crippen LogP contribution in [-0.4, -0.2) is 28.8 Å². The van der Waals surface area contributed by atoms with Gasteiger partial charge in [0.2, 0.25) is 0 Å². The number of nitrogens with zero attached hydrogens (tertiary/aromatic N) is 1. The molecule has 0 saturated heterocycles. The van der Waals surface area contributed by atoms with Crippen molar-refractivity contribution in [3.05, 3.63) is 29.6 Å². The number of rotatable bonds is 7. The van der Waals surface area contributed by atoms with E-state index in [1.54, 1.807) is 6.20 Å². The molecule has 1 aromatic heterocycles. The van der Waals surface area contributed by atoms with Crippen LogP contribution in [0.5, 0.6) is 0 Å². The highest BCUT2D eigenvalue weighted by atomic mass is 16.5. The summed E-state index contributed by atoms with van der Waals surface area (Å²) >= 11 is 0. The summed E-state index contributed by atoms with van der Waals surface area (Å²) in [5.74, 6) is 0.405. The molecule has 1 fully saturated rings. The molecule has 1 aliphatic rings. The van der Waals surface area contributed by atoms with Gasteiger partial charge in [-0.1, -0.05) is 26.2 Å². The quantitative estimate of drug-likeness (QED) is 0.470. The van der Waals surface area contributed by atoms with Crippen LogP contribution in [-0.2, 0) is 11.2 Å². The second kappa shape index (κ2) is 9.66. The number of carbonyl (C=O) groups is 1. The maximum atomic E-state index is 11.8. The number of aryl methyl sites for hydroxylation is 1. The van der Waals surface area contributed by atoms with Crippen LogP contribution in [0.1, 0.15) is 74.3 Å². The van der Waals surface area contributed by atoms with Crippen molar-refractivity contribution < 1.29 is 14.6 Å². The molecule has 1 saturated carbocycles. The van der Waals surface area contributed by atoms with E-state index in [0.717, 1.165) is 57.1 Å². The first-order valence-electron chi connectivity index (χ1n) is 8.99. The molecule has 0 spiro atoms. The molecule has 2 atom stereocenters. The number of ether oxygens (including phenoxy) is 1. The van der Waals surface area contributed by atoms with E-state index < -0.39 is 0 Å². The van der Waals surface area contributed by atoms with E-state index in [1.807, 2.05) is 12.1 Å². The van der Waals surface area contributed by atoms with Gasteiger partial charge in [0.05, 0.1) is 18.3 Å². The van der Waals surface area contributed by atoms with Crippen molar-refractivity contribution in [2.45, 2.75) is 70.8 Å². The van der Waals surface area contributed by atoms with Gasteiger partial charge in [0.25, 0.3) is 0 Å². The Morgan fingerprint density at radius 2 is 2.17 bits per heavy atom. The highest BCUT2D eigenvalue weighted by molar-refractivity contribution is 5.88. The number of hydrogen-bond acceptors (Lipinski definition) is 4. The lowest BCUT2D eigenvalue weighted by Crippen LogP contribution is -2.08. The van der Waals surface area contributed by atoms with Gasteiger partial charge in [0, 0.05) is 11.9 Å². The Balaban J connectivity index is 1.77. The number of carbonyl (C=O) groups excluding carboxylic acids is 1. The first-order valence-corrected chi connectivity index (χ1v) is 8.99. The largest absolute Gasteiger partial charge is 0.462 e. The van der Waals surface area contributed by atoms with E-state index >= 15 is 0 Å². The second-order valence-corrected chi connectivity index (χ2v) is 6.59. The van der Waals surface area contributed by atoms with Gasteiger partial charge in [-0.2, -0.15) is 0 Å². The number of hydrogen-bond donors (Lipinski definition) is 1. The van der Waals surface area contributed by atoms with Gasteiger partial charge in [0.15, 0.2) is 0 Å². The smallest absolute Gasteiger partial charge is 0.339 e. The third-order valence-corrected chi connectivity index (χ3v) is 4.66.